The molecule has 9 heteroatoms. The van der Waals surface area contributed by atoms with Crippen LogP contribution in [-0.2, 0) is 17.7 Å². The van der Waals surface area contributed by atoms with Gasteiger partial charge in [-0.3, -0.25) is 0 Å². The second-order valence-electron chi connectivity index (χ2n) is 17.8. The van der Waals surface area contributed by atoms with Crippen LogP contribution in [0.4, 0.5) is 0 Å². The van der Waals surface area contributed by atoms with Crippen molar-refractivity contribution in [1.29, 1.82) is 0 Å². The molecule has 0 radical (unpaired) electrons. The van der Waals surface area contributed by atoms with Crippen LogP contribution in [0.25, 0.3) is 0 Å². The summed E-state index contributed by atoms with van der Waals surface area (Å²) in [7, 11) is -8.37. The fraction of sp³-hybridized carbons (Fsp3) is 0.455. The Hall–Kier alpha value is -1.61. The van der Waals surface area contributed by atoms with Gasteiger partial charge in [0.2, 0.25) is 0 Å². The Bertz CT molecular complexity index is 1500. The molecule has 4 nitrogen and oxygen atoms in total. The van der Waals surface area contributed by atoms with Gasteiger partial charge >= 0.3 is 334 Å². The van der Waals surface area contributed by atoms with E-state index < -0.39 is 51.6 Å². The molecule has 288 valence electrons. The zero-order chi connectivity index (χ0) is 39.6. The van der Waals surface area contributed by atoms with E-state index in [1.54, 1.807) is 0 Å². The summed E-state index contributed by atoms with van der Waals surface area (Å²) in [6, 6.07) is 38.6. The molecule has 0 aromatic heterocycles. The van der Waals surface area contributed by atoms with Gasteiger partial charge in [0.1, 0.15) is 0 Å². The van der Waals surface area contributed by atoms with Gasteiger partial charge in [0.15, 0.2) is 0 Å². The van der Waals surface area contributed by atoms with Gasteiger partial charge in [-0.1, -0.05) is 0 Å². The number of benzene rings is 4. The molecule has 0 heterocycles. The third-order valence-corrected chi connectivity index (χ3v) is 35.0. The zero-order valence-electron chi connectivity index (χ0n) is 35.7. The Morgan fingerprint density at radius 3 is 0.585 bits per heavy atom. The summed E-state index contributed by atoms with van der Waals surface area (Å²) in [5.41, 5.74) is 0. The van der Waals surface area contributed by atoms with Crippen LogP contribution < -0.4 is 35.1 Å². The summed E-state index contributed by atoms with van der Waals surface area (Å²) in [6.45, 7) is 35.7. The summed E-state index contributed by atoms with van der Waals surface area (Å²) >= 11 is -4.01. The first-order valence-electron chi connectivity index (χ1n) is 19.7. The van der Waals surface area contributed by atoms with Gasteiger partial charge in [0, 0.05) is 0 Å². The quantitative estimate of drug-likeness (QED) is 0.122. The topological polar surface area (TPSA) is 36.9 Å². The Morgan fingerprint density at radius 2 is 0.453 bits per heavy atom. The molecule has 0 amide bonds. The molecule has 0 saturated carbocycles. The second kappa shape index (κ2) is 17.3. The number of hydrogen-bond acceptors (Lipinski definition) is 4. The first-order valence-corrected chi connectivity index (χ1v) is 37.0. The monoisotopic (exact) mass is 892 g/mol. The van der Waals surface area contributed by atoms with Gasteiger partial charge in [0.05, 0.1) is 0 Å². The van der Waals surface area contributed by atoms with Crippen molar-refractivity contribution in [2.75, 3.05) is 0 Å². The summed E-state index contributed by atoms with van der Waals surface area (Å²) in [5.74, 6) is 0. The van der Waals surface area contributed by atoms with Gasteiger partial charge in [-0.25, -0.2) is 0 Å². The minimum atomic E-state index is -4.01. The van der Waals surface area contributed by atoms with E-state index in [0.29, 0.717) is 0 Å². The number of hydrogen-bond donors (Lipinski definition) is 0. The van der Waals surface area contributed by atoms with Crippen LogP contribution in [0, 0.1) is 0 Å². The minimum absolute atomic E-state index is 0.192. The summed E-state index contributed by atoms with van der Waals surface area (Å²) in [4.78, 5) is 0. The molecule has 53 heavy (non-hydrogen) atoms. The molecule has 0 unspecified atom stereocenters. The molecule has 4 aromatic rings. The maximum absolute atomic E-state index is 6.55. The van der Waals surface area contributed by atoms with Crippen molar-refractivity contribution in [3.8, 4) is 0 Å². The van der Waals surface area contributed by atoms with Crippen LogP contribution >= 0.6 is 0 Å². The first kappa shape index (κ1) is 44.1. The van der Waals surface area contributed by atoms with E-state index in [9.17, 15) is 0 Å². The van der Waals surface area contributed by atoms with E-state index in [2.05, 4.69) is 205 Å². The molecule has 0 aliphatic heterocycles. The Balaban J connectivity index is 2.05. The van der Waals surface area contributed by atoms with Gasteiger partial charge in [-0.15, -0.1) is 0 Å². The molecule has 4 rings (SSSR count). The molecular weight excluding hydrogens is 824 g/mol. The molecular formula is C44H68O4Si4Sn. The summed E-state index contributed by atoms with van der Waals surface area (Å²) in [5, 5.41) is 5.30. The molecule has 0 N–H and O–H groups in total. The first-order chi connectivity index (χ1) is 24.5. The second-order valence-corrected chi connectivity index (χ2v) is 44.0. The van der Waals surface area contributed by atoms with Crippen LogP contribution in [0.1, 0.15) is 55.4 Å². The van der Waals surface area contributed by atoms with E-state index in [-0.39, 0.29) is 24.4 Å². The average Bonchev–Trinajstić information content (AvgIpc) is 3.04. The van der Waals surface area contributed by atoms with Crippen LogP contribution in [0.5, 0.6) is 0 Å². The van der Waals surface area contributed by atoms with Gasteiger partial charge in [-0.2, -0.15) is 0 Å². The molecule has 0 fully saturated rings. The summed E-state index contributed by atoms with van der Waals surface area (Å²) < 4.78 is 32.0. The normalized spacial score (nSPS) is 13.5. The van der Waals surface area contributed by atoms with E-state index >= 15 is 0 Å². The Kier molecular flexibility index (Phi) is 14.4. The van der Waals surface area contributed by atoms with Crippen molar-refractivity contribution in [2.45, 2.75) is 132 Å². The van der Waals surface area contributed by atoms with Crippen LogP contribution in [0.2, 0.25) is 52.4 Å². The fourth-order valence-electron chi connectivity index (χ4n) is 8.12. The maximum atomic E-state index is 6.55. The van der Waals surface area contributed by atoms with E-state index in [0.717, 1.165) is 0 Å². The van der Waals surface area contributed by atoms with Gasteiger partial charge in [0.25, 0.3) is 0 Å². The fourth-order valence-corrected chi connectivity index (χ4v) is 30.6. The van der Waals surface area contributed by atoms with Gasteiger partial charge < -0.3 is 0 Å². The molecule has 0 aliphatic rings. The third-order valence-electron chi connectivity index (χ3n) is 10.2. The molecule has 0 atom stereocenters. The van der Waals surface area contributed by atoms with Crippen molar-refractivity contribution in [3.63, 3.8) is 0 Å². The molecule has 0 saturated heterocycles. The standard InChI is InChI=1S/4C11H17OSi.Sn/c4*1-10(2)12-13(3,4)11-8-6-5-7-9-11;/h4*6-10H,1-4H3;. The molecule has 0 spiro atoms. The van der Waals surface area contributed by atoms with E-state index in [4.69, 9.17) is 17.7 Å². The Labute approximate surface area is 331 Å². The van der Waals surface area contributed by atoms with E-state index in [1.165, 1.54) is 35.1 Å². The zero-order valence-corrected chi connectivity index (χ0v) is 42.5. The van der Waals surface area contributed by atoms with Crippen molar-refractivity contribution in [3.05, 3.63) is 97.1 Å². The Morgan fingerprint density at radius 1 is 0.302 bits per heavy atom. The van der Waals surface area contributed by atoms with Crippen molar-refractivity contribution in [2.24, 2.45) is 0 Å². The van der Waals surface area contributed by atoms with Crippen molar-refractivity contribution in [1.82, 2.24) is 0 Å². The predicted octanol–water partition coefficient (Wildman–Crippen LogP) is 6.41. The van der Waals surface area contributed by atoms with Crippen molar-refractivity contribution >= 4 is 86.7 Å². The molecule has 0 bridgehead atoms. The average molecular weight is 892 g/mol. The molecule has 4 aromatic carbocycles. The predicted molar refractivity (Wildman–Crippen MR) is 243 cm³/mol. The van der Waals surface area contributed by atoms with Crippen LogP contribution in [-0.4, -0.2) is 76.1 Å². The van der Waals surface area contributed by atoms with E-state index in [1.807, 2.05) is 0 Å². The summed E-state index contributed by atoms with van der Waals surface area (Å²) in [6.07, 6.45) is 0.769. The van der Waals surface area contributed by atoms with Crippen molar-refractivity contribution < 1.29 is 17.7 Å². The van der Waals surface area contributed by atoms with Crippen LogP contribution in [0.15, 0.2) is 97.1 Å². The third kappa shape index (κ3) is 10.4. The van der Waals surface area contributed by atoms with Crippen LogP contribution in [0.3, 0.4) is 0 Å². The van der Waals surface area contributed by atoms with Gasteiger partial charge in [-0.05, 0) is 0 Å². The molecule has 0 aliphatic carbocycles. The number of rotatable bonds is 16. The SMILES string of the molecule is CC(C)O[Si](C)(C)c1cc[c]([Sn]([c]2ccc([Si](C)(C)OC(C)C)cc2)([c]2ccc([Si](C)(C)OC(C)C)cc2)[c]2ccc([Si](C)(C)OC(C)C)cc2)cc1.